The van der Waals surface area contributed by atoms with Gasteiger partial charge in [0.25, 0.3) is 0 Å². The van der Waals surface area contributed by atoms with Crippen molar-refractivity contribution in [1.29, 1.82) is 0 Å². The first-order chi connectivity index (χ1) is 9.26. The van der Waals surface area contributed by atoms with Crippen LogP contribution in [0.3, 0.4) is 0 Å². The summed E-state index contributed by atoms with van der Waals surface area (Å²) in [5.74, 6) is -0.0265. The van der Waals surface area contributed by atoms with Crippen LogP contribution in [0.4, 0.5) is 0 Å². The number of benzene rings is 1. The first-order valence-electron chi connectivity index (χ1n) is 6.28. The lowest BCUT2D eigenvalue weighted by Crippen LogP contribution is -2.30. The monoisotopic (exact) mass is 261 g/mol. The molecule has 0 spiro atoms. The Bertz CT molecular complexity index is 563. The van der Waals surface area contributed by atoms with Gasteiger partial charge in [0.2, 0.25) is 5.91 Å². The van der Waals surface area contributed by atoms with Crippen LogP contribution < -0.4 is 11.1 Å². The summed E-state index contributed by atoms with van der Waals surface area (Å²) in [6, 6.07) is 7.96. The van der Waals surface area contributed by atoms with Crippen LogP contribution in [-0.4, -0.2) is 30.7 Å². The molecule has 1 aromatic heterocycles. The number of nitrogens with zero attached hydrogens (tertiary/aromatic N) is 1. The number of methoxy groups -OCH3 is 1. The molecular formula is C14H19N3O2. The van der Waals surface area contributed by atoms with Crippen molar-refractivity contribution in [3.63, 3.8) is 0 Å². The fourth-order valence-electron chi connectivity index (χ4n) is 2.12. The van der Waals surface area contributed by atoms with Crippen molar-refractivity contribution in [2.24, 2.45) is 5.73 Å². The predicted molar refractivity (Wildman–Crippen MR) is 74.7 cm³/mol. The fourth-order valence-corrected chi connectivity index (χ4v) is 2.12. The number of fused-ring (bicyclic) bond motifs is 1. The Morgan fingerprint density at radius 2 is 2.21 bits per heavy atom. The van der Waals surface area contributed by atoms with Gasteiger partial charge in [-0.05, 0) is 11.6 Å². The number of aromatic nitrogens is 1. The summed E-state index contributed by atoms with van der Waals surface area (Å²) in [5, 5.41) is 3.91. The second kappa shape index (κ2) is 6.36. The fraction of sp³-hybridized carbons (Fsp3) is 0.357. The van der Waals surface area contributed by atoms with Gasteiger partial charge in [0, 0.05) is 37.3 Å². The van der Waals surface area contributed by atoms with E-state index in [0.717, 1.165) is 16.5 Å². The van der Waals surface area contributed by atoms with Crippen molar-refractivity contribution in [1.82, 2.24) is 9.88 Å². The van der Waals surface area contributed by atoms with Gasteiger partial charge in [-0.25, -0.2) is 0 Å². The van der Waals surface area contributed by atoms with Gasteiger partial charge in [0.05, 0.1) is 6.61 Å². The lowest BCUT2D eigenvalue weighted by Gasteiger charge is -2.06. The largest absolute Gasteiger partial charge is 0.383 e. The van der Waals surface area contributed by atoms with E-state index in [1.165, 1.54) is 0 Å². The second-order valence-corrected chi connectivity index (χ2v) is 4.35. The van der Waals surface area contributed by atoms with Crippen LogP contribution >= 0.6 is 0 Å². The molecule has 0 unspecified atom stereocenters. The van der Waals surface area contributed by atoms with Gasteiger partial charge in [-0.15, -0.1) is 0 Å². The molecule has 0 radical (unpaired) electrons. The van der Waals surface area contributed by atoms with Crippen molar-refractivity contribution in [3.05, 3.63) is 36.0 Å². The number of carbonyl (C=O) groups excluding carboxylic acids is 1. The number of para-hydroxylation sites is 1. The molecule has 0 bridgehead atoms. The van der Waals surface area contributed by atoms with Gasteiger partial charge in [-0.1, -0.05) is 18.2 Å². The third-order valence-electron chi connectivity index (χ3n) is 3.03. The molecule has 0 aliphatic heterocycles. The van der Waals surface area contributed by atoms with E-state index in [0.29, 0.717) is 26.2 Å². The minimum absolute atomic E-state index is 0.0265. The molecule has 0 atom stereocenters. The average Bonchev–Trinajstić information content (AvgIpc) is 2.77. The van der Waals surface area contributed by atoms with Gasteiger partial charge in [0.15, 0.2) is 0 Å². The highest BCUT2D eigenvalue weighted by molar-refractivity contribution is 5.86. The number of amides is 1. The molecule has 5 heteroatoms. The smallest absolute Gasteiger partial charge is 0.240 e. The number of hydrogen-bond acceptors (Lipinski definition) is 3. The average molecular weight is 261 g/mol. The zero-order valence-electron chi connectivity index (χ0n) is 11.1. The van der Waals surface area contributed by atoms with Crippen LogP contribution in [0.1, 0.15) is 5.56 Å². The molecule has 3 N–H and O–H groups in total. The lowest BCUT2D eigenvalue weighted by molar-refractivity contribution is -0.121. The summed E-state index contributed by atoms with van der Waals surface area (Å²) in [6.07, 6.45) is 1.95. The van der Waals surface area contributed by atoms with Crippen LogP contribution in [-0.2, 0) is 22.6 Å². The highest BCUT2D eigenvalue weighted by atomic mass is 16.5. The number of nitrogens with one attached hydrogen (secondary N) is 1. The molecule has 19 heavy (non-hydrogen) atoms. The quantitative estimate of drug-likeness (QED) is 0.758. The van der Waals surface area contributed by atoms with Crippen molar-refractivity contribution >= 4 is 16.8 Å². The van der Waals surface area contributed by atoms with Gasteiger partial charge in [0.1, 0.15) is 6.54 Å². The summed E-state index contributed by atoms with van der Waals surface area (Å²) in [4.78, 5) is 11.8. The van der Waals surface area contributed by atoms with E-state index in [2.05, 4.69) is 5.32 Å². The molecule has 1 heterocycles. The number of rotatable bonds is 6. The molecule has 0 aliphatic carbocycles. The Balaban J connectivity index is 2.14. The van der Waals surface area contributed by atoms with Gasteiger partial charge in [-0.2, -0.15) is 0 Å². The van der Waals surface area contributed by atoms with Gasteiger partial charge in [-0.3, -0.25) is 4.79 Å². The maximum absolute atomic E-state index is 11.8. The van der Waals surface area contributed by atoms with Crippen LogP contribution in [0.15, 0.2) is 30.5 Å². The maximum atomic E-state index is 11.8. The van der Waals surface area contributed by atoms with E-state index in [-0.39, 0.29) is 5.91 Å². The second-order valence-electron chi connectivity index (χ2n) is 4.35. The molecule has 1 amide bonds. The maximum Gasteiger partial charge on any atom is 0.240 e. The normalized spacial score (nSPS) is 10.8. The molecular weight excluding hydrogens is 242 g/mol. The Kier molecular flexibility index (Phi) is 4.54. The predicted octanol–water partition coefficient (Wildman–Crippen LogP) is 0.863. The molecule has 0 saturated carbocycles. The van der Waals surface area contributed by atoms with Crippen LogP contribution in [0.2, 0.25) is 0 Å². The molecule has 102 valence electrons. The highest BCUT2D eigenvalue weighted by Gasteiger charge is 2.09. The van der Waals surface area contributed by atoms with E-state index in [1.807, 2.05) is 35.0 Å². The van der Waals surface area contributed by atoms with Crippen molar-refractivity contribution in [2.75, 3.05) is 20.3 Å². The molecule has 0 fully saturated rings. The van der Waals surface area contributed by atoms with Gasteiger partial charge >= 0.3 is 0 Å². The number of nitrogens with two attached hydrogens (primary N) is 1. The molecule has 1 aromatic carbocycles. The van der Waals surface area contributed by atoms with E-state index >= 15 is 0 Å². The lowest BCUT2D eigenvalue weighted by atomic mass is 10.2. The summed E-state index contributed by atoms with van der Waals surface area (Å²) in [7, 11) is 1.61. The minimum Gasteiger partial charge on any atom is -0.383 e. The van der Waals surface area contributed by atoms with E-state index in [1.54, 1.807) is 7.11 Å². The first kappa shape index (κ1) is 13.6. The Morgan fingerprint density at radius 1 is 1.42 bits per heavy atom. The van der Waals surface area contributed by atoms with E-state index < -0.39 is 0 Å². The number of hydrogen-bond donors (Lipinski definition) is 2. The van der Waals surface area contributed by atoms with Gasteiger partial charge < -0.3 is 20.4 Å². The third kappa shape index (κ3) is 3.13. The van der Waals surface area contributed by atoms with Crippen LogP contribution in [0, 0.1) is 0 Å². The van der Waals surface area contributed by atoms with Crippen molar-refractivity contribution < 1.29 is 9.53 Å². The summed E-state index contributed by atoms with van der Waals surface area (Å²) >= 11 is 0. The standard InChI is InChI=1S/C14H19N3O2/c1-19-7-6-16-14(18)10-17-9-11(8-15)12-4-2-3-5-13(12)17/h2-5,9H,6-8,10,15H2,1H3,(H,16,18). The Morgan fingerprint density at radius 3 is 2.95 bits per heavy atom. The Labute approximate surface area is 112 Å². The van der Waals surface area contributed by atoms with Crippen LogP contribution in [0.5, 0.6) is 0 Å². The zero-order chi connectivity index (χ0) is 13.7. The SMILES string of the molecule is COCCNC(=O)Cn1cc(CN)c2ccccc21. The molecule has 2 rings (SSSR count). The highest BCUT2D eigenvalue weighted by Crippen LogP contribution is 2.20. The van der Waals surface area contributed by atoms with Crippen molar-refractivity contribution in [3.8, 4) is 0 Å². The van der Waals surface area contributed by atoms with Crippen LogP contribution in [0.25, 0.3) is 10.9 Å². The topological polar surface area (TPSA) is 69.3 Å². The first-order valence-corrected chi connectivity index (χ1v) is 6.28. The summed E-state index contributed by atoms with van der Waals surface area (Å²) in [5.41, 5.74) is 7.82. The number of carbonyl (C=O) groups is 1. The molecule has 5 nitrogen and oxygen atoms in total. The minimum atomic E-state index is -0.0265. The van der Waals surface area contributed by atoms with E-state index in [9.17, 15) is 4.79 Å². The zero-order valence-corrected chi connectivity index (χ0v) is 11.1. The molecule has 0 saturated heterocycles. The molecule has 2 aromatic rings. The summed E-state index contributed by atoms with van der Waals surface area (Å²) in [6.45, 7) is 1.81. The van der Waals surface area contributed by atoms with Crippen molar-refractivity contribution in [2.45, 2.75) is 13.1 Å². The third-order valence-corrected chi connectivity index (χ3v) is 3.03. The van der Waals surface area contributed by atoms with E-state index in [4.69, 9.17) is 10.5 Å². The number of ether oxygens (including phenoxy) is 1. The summed E-state index contributed by atoms with van der Waals surface area (Å²) < 4.78 is 6.83. The molecule has 0 aliphatic rings. The Hall–Kier alpha value is -1.85.